The summed E-state index contributed by atoms with van der Waals surface area (Å²) in [5.41, 5.74) is 0.879. The van der Waals surface area contributed by atoms with Crippen LogP contribution >= 0.6 is 11.6 Å². The highest BCUT2D eigenvalue weighted by molar-refractivity contribution is 6.30. The molecule has 2 aromatic rings. The molecule has 1 spiro atoms. The van der Waals surface area contributed by atoms with Gasteiger partial charge in [0.2, 0.25) is 0 Å². The first-order chi connectivity index (χ1) is 14.0. The van der Waals surface area contributed by atoms with Crippen molar-refractivity contribution in [2.45, 2.75) is 51.0 Å². The molecule has 2 atom stereocenters. The maximum Gasteiger partial charge on any atom is 0.134 e. The second kappa shape index (κ2) is 9.19. The quantitative estimate of drug-likeness (QED) is 0.755. The molecule has 3 heterocycles. The number of ether oxygens (including phenoxy) is 2. The predicted octanol–water partition coefficient (Wildman–Crippen LogP) is 4.35. The molecule has 2 aliphatic heterocycles. The van der Waals surface area contributed by atoms with Crippen molar-refractivity contribution in [3.8, 4) is 11.3 Å². The van der Waals surface area contributed by atoms with Crippen LogP contribution in [-0.2, 0) is 16.0 Å². The molecule has 0 unspecified atom stereocenters. The van der Waals surface area contributed by atoms with E-state index in [1.54, 1.807) is 0 Å². The second-order valence-electron chi connectivity index (χ2n) is 8.48. The monoisotopic (exact) mass is 418 g/mol. The fourth-order valence-corrected chi connectivity index (χ4v) is 4.36. The molecule has 2 saturated heterocycles. The van der Waals surface area contributed by atoms with Gasteiger partial charge in [-0.05, 0) is 63.1 Å². The topological polar surface area (TPSA) is 46.9 Å². The van der Waals surface area contributed by atoms with Gasteiger partial charge in [-0.25, -0.2) is 0 Å². The van der Waals surface area contributed by atoms with Crippen LogP contribution in [0.25, 0.3) is 11.3 Å². The van der Waals surface area contributed by atoms with Crippen LogP contribution in [0.4, 0.5) is 0 Å². The summed E-state index contributed by atoms with van der Waals surface area (Å²) in [5.74, 6) is 1.78. The summed E-state index contributed by atoms with van der Waals surface area (Å²) < 4.78 is 18.3. The molecule has 0 saturated carbocycles. The highest BCUT2D eigenvalue weighted by atomic mass is 35.5. The number of nitrogens with zero attached hydrogens (tertiary/aromatic N) is 1. The molecule has 2 aliphatic rings. The third kappa shape index (κ3) is 5.22. The minimum atomic E-state index is -0.153. The third-order valence-corrected chi connectivity index (χ3v) is 6.16. The van der Waals surface area contributed by atoms with Crippen molar-refractivity contribution in [3.63, 3.8) is 0 Å². The van der Waals surface area contributed by atoms with E-state index in [2.05, 4.69) is 24.1 Å². The molecule has 2 fully saturated rings. The van der Waals surface area contributed by atoms with Crippen molar-refractivity contribution in [1.29, 1.82) is 0 Å². The van der Waals surface area contributed by atoms with Gasteiger partial charge in [0.05, 0.1) is 25.9 Å². The fourth-order valence-electron chi connectivity index (χ4n) is 4.24. The summed E-state index contributed by atoms with van der Waals surface area (Å²) in [6.07, 6.45) is 2.34. The molecule has 1 aromatic heterocycles. The average Bonchev–Trinajstić information content (AvgIpc) is 3.26. The van der Waals surface area contributed by atoms with Crippen LogP contribution in [0.5, 0.6) is 0 Å². The molecule has 4 rings (SSSR count). The largest absolute Gasteiger partial charge is 0.460 e. The number of halogens is 1. The van der Waals surface area contributed by atoms with Gasteiger partial charge in [-0.3, -0.25) is 4.90 Å². The van der Waals surface area contributed by atoms with E-state index in [0.717, 1.165) is 61.2 Å². The van der Waals surface area contributed by atoms with Crippen LogP contribution in [0.1, 0.15) is 32.4 Å². The Bertz CT molecular complexity index is 792. The standard InChI is InChI=1S/C23H31ClN2O3/c1-17(2)26-11-12-27-16-23(15-26)10-9-21(29-23)14-25-13-20-7-8-22(28-20)18-3-5-19(24)6-4-18/h3-8,17,21,25H,9-16H2,1-2H3/t21-,23-/m1/s1. The molecule has 0 radical (unpaired) electrons. The first-order valence-corrected chi connectivity index (χ1v) is 11.0. The van der Waals surface area contributed by atoms with E-state index >= 15 is 0 Å². The van der Waals surface area contributed by atoms with Crippen molar-refractivity contribution in [1.82, 2.24) is 10.2 Å². The Labute approximate surface area is 178 Å². The number of nitrogens with one attached hydrogen (secondary N) is 1. The molecule has 0 amide bonds. The van der Waals surface area contributed by atoms with E-state index in [1.807, 2.05) is 36.4 Å². The Morgan fingerprint density at radius 1 is 1.21 bits per heavy atom. The normalized spacial score (nSPS) is 25.7. The lowest BCUT2D eigenvalue weighted by Gasteiger charge is -2.34. The van der Waals surface area contributed by atoms with Crippen LogP contribution < -0.4 is 5.32 Å². The number of rotatable bonds is 6. The van der Waals surface area contributed by atoms with Crippen LogP contribution in [0.15, 0.2) is 40.8 Å². The van der Waals surface area contributed by atoms with Crippen molar-refractivity contribution in [2.75, 3.05) is 32.8 Å². The first kappa shape index (κ1) is 20.9. The zero-order valence-electron chi connectivity index (χ0n) is 17.3. The minimum absolute atomic E-state index is 0.153. The summed E-state index contributed by atoms with van der Waals surface area (Å²) in [5, 5.41) is 4.22. The Hall–Kier alpha value is -1.37. The molecule has 158 valence electrons. The molecule has 1 aromatic carbocycles. The molecule has 6 heteroatoms. The second-order valence-corrected chi connectivity index (χ2v) is 8.92. The Balaban J connectivity index is 1.27. The van der Waals surface area contributed by atoms with Gasteiger partial charge in [0.15, 0.2) is 0 Å². The van der Waals surface area contributed by atoms with Gasteiger partial charge in [0.1, 0.15) is 17.1 Å². The SMILES string of the molecule is CC(C)N1CCOC[C@@]2(CC[C@H](CNCc3ccc(-c4ccc(Cl)cc4)o3)O2)C1. The Morgan fingerprint density at radius 3 is 2.83 bits per heavy atom. The predicted molar refractivity (Wildman–Crippen MR) is 115 cm³/mol. The minimum Gasteiger partial charge on any atom is -0.460 e. The summed E-state index contributed by atoms with van der Waals surface area (Å²) in [6.45, 7) is 9.44. The van der Waals surface area contributed by atoms with Gasteiger partial charge in [0, 0.05) is 36.3 Å². The molecular weight excluding hydrogens is 388 g/mol. The Morgan fingerprint density at radius 2 is 2.03 bits per heavy atom. The molecule has 0 aliphatic carbocycles. The van der Waals surface area contributed by atoms with Gasteiger partial charge < -0.3 is 19.2 Å². The third-order valence-electron chi connectivity index (χ3n) is 5.91. The van der Waals surface area contributed by atoms with Gasteiger partial charge in [-0.1, -0.05) is 11.6 Å². The summed E-state index contributed by atoms with van der Waals surface area (Å²) >= 11 is 5.96. The maximum atomic E-state index is 6.50. The molecular formula is C23H31ClN2O3. The van der Waals surface area contributed by atoms with E-state index in [9.17, 15) is 0 Å². The number of benzene rings is 1. The Kier molecular flexibility index (Phi) is 6.62. The van der Waals surface area contributed by atoms with Crippen LogP contribution in [0.3, 0.4) is 0 Å². The zero-order valence-corrected chi connectivity index (χ0v) is 18.1. The van der Waals surface area contributed by atoms with Crippen LogP contribution in [0, 0.1) is 0 Å². The van der Waals surface area contributed by atoms with E-state index < -0.39 is 0 Å². The van der Waals surface area contributed by atoms with Crippen LogP contribution in [0.2, 0.25) is 5.02 Å². The van der Waals surface area contributed by atoms with Gasteiger partial charge in [-0.2, -0.15) is 0 Å². The summed E-state index contributed by atoms with van der Waals surface area (Å²) in [7, 11) is 0. The highest BCUT2D eigenvalue weighted by Crippen LogP contribution is 2.33. The van der Waals surface area contributed by atoms with E-state index in [0.29, 0.717) is 19.2 Å². The van der Waals surface area contributed by atoms with Crippen molar-refractivity contribution >= 4 is 11.6 Å². The summed E-state index contributed by atoms with van der Waals surface area (Å²) in [4.78, 5) is 2.48. The van der Waals surface area contributed by atoms with Crippen LogP contribution in [-0.4, -0.2) is 55.5 Å². The van der Waals surface area contributed by atoms with E-state index in [-0.39, 0.29) is 11.7 Å². The van der Waals surface area contributed by atoms with Crippen molar-refractivity contribution in [3.05, 3.63) is 47.2 Å². The molecule has 1 N–H and O–H groups in total. The highest BCUT2D eigenvalue weighted by Gasteiger charge is 2.43. The van der Waals surface area contributed by atoms with Crippen molar-refractivity contribution in [2.24, 2.45) is 0 Å². The number of furan rings is 1. The van der Waals surface area contributed by atoms with E-state index in [1.165, 1.54) is 0 Å². The van der Waals surface area contributed by atoms with Gasteiger partial charge >= 0.3 is 0 Å². The fraction of sp³-hybridized carbons (Fsp3) is 0.565. The average molecular weight is 419 g/mol. The molecule has 5 nitrogen and oxygen atoms in total. The lowest BCUT2D eigenvalue weighted by atomic mass is 9.99. The lowest BCUT2D eigenvalue weighted by Crippen LogP contribution is -2.47. The lowest BCUT2D eigenvalue weighted by molar-refractivity contribution is -0.0866. The smallest absolute Gasteiger partial charge is 0.134 e. The molecule has 0 bridgehead atoms. The zero-order chi connectivity index (χ0) is 20.3. The maximum absolute atomic E-state index is 6.50. The number of hydrogen-bond donors (Lipinski definition) is 1. The van der Waals surface area contributed by atoms with E-state index in [4.69, 9.17) is 25.5 Å². The van der Waals surface area contributed by atoms with Crippen molar-refractivity contribution < 1.29 is 13.9 Å². The number of hydrogen-bond acceptors (Lipinski definition) is 5. The summed E-state index contributed by atoms with van der Waals surface area (Å²) in [6, 6.07) is 12.2. The molecule has 29 heavy (non-hydrogen) atoms. The van der Waals surface area contributed by atoms with Gasteiger partial charge in [-0.15, -0.1) is 0 Å². The van der Waals surface area contributed by atoms with Gasteiger partial charge in [0.25, 0.3) is 0 Å². The first-order valence-electron chi connectivity index (χ1n) is 10.6.